The van der Waals surface area contributed by atoms with Gasteiger partial charge in [0.2, 0.25) is 0 Å². The highest BCUT2D eigenvalue weighted by Crippen LogP contribution is 2.41. The Hall–Kier alpha value is -1.71. The minimum atomic E-state index is -0.301. The quantitative estimate of drug-likeness (QED) is 0.760. The zero-order valence-corrected chi connectivity index (χ0v) is 10.5. The van der Waals surface area contributed by atoms with Gasteiger partial charge in [-0.1, -0.05) is 19.9 Å². The molecule has 0 spiro atoms. The van der Waals surface area contributed by atoms with Crippen LogP contribution in [0.25, 0.3) is 0 Å². The predicted octanol–water partition coefficient (Wildman–Crippen LogP) is 2.52. The molecule has 0 atom stereocenters. The van der Waals surface area contributed by atoms with E-state index in [1.165, 1.54) is 0 Å². The van der Waals surface area contributed by atoms with Crippen LogP contribution in [-0.2, 0) is 10.2 Å². The van der Waals surface area contributed by atoms with Crippen LogP contribution in [0, 0.1) is 0 Å². The predicted molar refractivity (Wildman–Crippen MR) is 68.2 cm³/mol. The summed E-state index contributed by atoms with van der Waals surface area (Å²) in [4.78, 5) is 13.5. The Kier molecular flexibility index (Phi) is 2.73. The first-order chi connectivity index (χ1) is 7.95. The third kappa shape index (κ3) is 1.95. The van der Waals surface area contributed by atoms with Crippen molar-refractivity contribution in [2.45, 2.75) is 26.2 Å². The Labute approximate surface area is 101 Å². The number of nitrogens with zero attached hydrogens (tertiary/aromatic N) is 1. The van der Waals surface area contributed by atoms with Gasteiger partial charge in [-0.05, 0) is 24.6 Å². The van der Waals surface area contributed by atoms with Crippen LogP contribution >= 0.6 is 0 Å². The van der Waals surface area contributed by atoms with Crippen LogP contribution in [0.1, 0.15) is 26.3 Å². The fourth-order valence-corrected chi connectivity index (χ4v) is 2.27. The molecule has 0 saturated carbocycles. The van der Waals surface area contributed by atoms with Crippen molar-refractivity contribution < 1.29 is 9.53 Å². The van der Waals surface area contributed by atoms with Crippen molar-refractivity contribution in [3.05, 3.63) is 23.8 Å². The summed E-state index contributed by atoms with van der Waals surface area (Å²) in [5, 5.41) is 0. The van der Waals surface area contributed by atoms with Gasteiger partial charge in [-0.2, -0.15) is 0 Å². The lowest BCUT2D eigenvalue weighted by Crippen LogP contribution is -2.34. The number of anilines is 2. The van der Waals surface area contributed by atoms with E-state index in [0.29, 0.717) is 18.8 Å². The van der Waals surface area contributed by atoms with Crippen molar-refractivity contribution in [3.8, 4) is 0 Å². The first kappa shape index (κ1) is 11.8. The van der Waals surface area contributed by atoms with E-state index < -0.39 is 0 Å². The molecule has 0 radical (unpaired) electrons. The van der Waals surface area contributed by atoms with Gasteiger partial charge in [0.15, 0.2) is 0 Å². The van der Waals surface area contributed by atoms with Crippen LogP contribution in [0.15, 0.2) is 18.2 Å². The summed E-state index contributed by atoms with van der Waals surface area (Å²) in [5.74, 6) is 0. The molecule has 1 aliphatic heterocycles. The van der Waals surface area contributed by atoms with E-state index in [4.69, 9.17) is 10.5 Å². The Morgan fingerprint density at radius 1 is 1.53 bits per heavy atom. The lowest BCUT2D eigenvalue weighted by molar-refractivity contribution is 0.159. The maximum absolute atomic E-state index is 11.9. The Bertz CT molecular complexity index is 455. The molecule has 0 unspecified atom stereocenters. The standard InChI is InChI=1S/C13H18N2O2/c1-4-17-12(16)15-8-13(2,3)10-6-5-9(14)7-11(10)15/h5-7H,4,8,14H2,1-3H3. The molecule has 0 saturated heterocycles. The van der Waals surface area contributed by atoms with Crippen LogP contribution in [0.4, 0.5) is 16.2 Å². The molecule has 4 heteroatoms. The molecule has 1 heterocycles. The summed E-state index contributed by atoms with van der Waals surface area (Å²) in [7, 11) is 0. The molecule has 0 bridgehead atoms. The Morgan fingerprint density at radius 2 is 2.24 bits per heavy atom. The molecule has 2 N–H and O–H groups in total. The van der Waals surface area contributed by atoms with E-state index in [1.54, 1.807) is 11.8 Å². The average molecular weight is 234 g/mol. The molecule has 4 nitrogen and oxygen atoms in total. The number of rotatable bonds is 1. The highest BCUT2D eigenvalue weighted by Gasteiger charge is 2.38. The normalized spacial score (nSPS) is 16.8. The van der Waals surface area contributed by atoms with E-state index in [9.17, 15) is 4.79 Å². The van der Waals surface area contributed by atoms with Crippen LogP contribution < -0.4 is 10.6 Å². The third-order valence-corrected chi connectivity index (χ3v) is 3.08. The van der Waals surface area contributed by atoms with Gasteiger partial charge in [0.1, 0.15) is 0 Å². The molecule has 0 fully saturated rings. The summed E-state index contributed by atoms with van der Waals surface area (Å²) < 4.78 is 5.06. The van der Waals surface area contributed by atoms with E-state index in [0.717, 1.165) is 11.3 Å². The summed E-state index contributed by atoms with van der Waals surface area (Å²) >= 11 is 0. The number of benzene rings is 1. The lowest BCUT2D eigenvalue weighted by atomic mass is 9.87. The van der Waals surface area contributed by atoms with Gasteiger partial charge >= 0.3 is 6.09 Å². The van der Waals surface area contributed by atoms with Crippen molar-refractivity contribution in [1.29, 1.82) is 0 Å². The van der Waals surface area contributed by atoms with Gasteiger partial charge in [0.05, 0.1) is 12.3 Å². The minimum absolute atomic E-state index is 0.0597. The number of amides is 1. The molecule has 1 aromatic carbocycles. The Balaban J connectivity index is 2.42. The molecule has 92 valence electrons. The van der Waals surface area contributed by atoms with Crippen molar-refractivity contribution >= 4 is 17.5 Å². The van der Waals surface area contributed by atoms with Crippen molar-refractivity contribution in [2.75, 3.05) is 23.8 Å². The second-order valence-electron chi connectivity index (χ2n) is 4.95. The van der Waals surface area contributed by atoms with Gasteiger partial charge in [0.25, 0.3) is 0 Å². The maximum Gasteiger partial charge on any atom is 0.414 e. The molecule has 1 aromatic rings. The van der Waals surface area contributed by atoms with Gasteiger partial charge in [-0.3, -0.25) is 4.90 Å². The second kappa shape index (κ2) is 3.95. The van der Waals surface area contributed by atoms with Gasteiger partial charge in [-0.15, -0.1) is 0 Å². The SMILES string of the molecule is CCOC(=O)N1CC(C)(C)c2ccc(N)cc21. The molecular formula is C13H18N2O2. The zero-order chi connectivity index (χ0) is 12.6. The molecule has 0 aromatic heterocycles. The monoisotopic (exact) mass is 234 g/mol. The number of carbonyl (C=O) groups is 1. The maximum atomic E-state index is 11.9. The number of nitrogen functional groups attached to an aromatic ring is 1. The molecular weight excluding hydrogens is 216 g/mol. The van der Waals surface area contributed by atoms with Crippen LogP contribution in [0.2, 0.25) is 0 Å². The molecule has 1 amide bonds. The minimum Gasteiger partial charge on any atom is -0.449 e. The lowest BCUT2D eigenvalue weighted by Gasteiger charge is -2.20. The summed E-state index contributed by atoms with van der Waals surface area (Å²) in [6, 6.07) is 5.69. The van der Waals surface area contributed by atoms with Gasteiger partial charge in [-0.25, -0.2) is 4.79 Å². The summed E-state index contributed by atoms with van der Waals surface area (Å²) in [6.45, 7) is 7.04. The van der Waals surface area contributed by atoms with Crippen LogP contribution in [0.3, 0.4) is 0 Å². The average Bonchev–Trinajstić information content (AvgIpc) is 2.51. The van der Waals surface area contributed by atoms with Gasteiger partial charge in [0, 0.05) is 17.6 Å². The number of ether oxygens (including phenoxy) is 1. The van der Waals surface area contributed by atoms with Gasteiger partial charge < -0.3 is 10.5 Å². The second-order valence-corrected chi connectivity index (χ2v) is 4.95. The number of fused-ring (bicyclic) bond motifs is 1. The fraction of sp³-hybridized carbons (Fsp3) is 0.462. The molecule has 17 heavy (non-hydrogen) atoms. The molecule has 2 rings (SSSR count). The van der Waals surface area contributed by atoms with Crippen LogP contribution in [-0.4, -0.2) is 19.2 Å². The highest BCUT2D eigenvalue weighted by molar-refractivity contribution is 5.92. The topological polar surface area (TPSA) is 55.6 Å². The third-order valence-electron chi connectivity index (χ3n) is 3.08. The van der Waals surface area contributed by atoms with Crippen LogP contribution in [0.5, 0.6) is 0 Å². The smallest absolute Gasteiger partial charge is 0.414 e. The van der Waals surface area contributed by atoms with Crippen molar-refractivity contribution in [2.24, 2.45) is 0 Å². The number of hydrogen-bond acceptors (Lipinski definition) is 3. The number of carbonyl (C=O) groups excluding carboxylic acids is 1. The number of hydrogen-bond donors (Lipinski definition) is 1. The van der Waals surface area contributed by atoms with Crippen molar-refractivity contribution in [1.82, 2.24) is 0 Å². The van der Waals surface area contributed by atoms with E-state index in [1.807, 2.05) is 18.2 Å². The Morgan fingerprint density at radius 3 is 2.88 bits per heavy atom. The fourth-order valence-electron chi connectivity index (χ4n) is 2.27. The summed E-state index contributed by atoms with van der Waals surface area (Å²) in [5.41, 5.74) is 8.39. The highest BCUT2D eigenvalue weighted by atomic mass is 16.6. The van der Waals surface area contributed by atoms with Crippen molar-refractivity contribution in [3.63, 3.8) is 0 Å². The molecule has 0 aliphatic carbocycles. The zero-order valence-electron chi connectivity index (χ0n) is 10.5. The summed E-state index contributed by atoms with van der Waals surface area (Å²) in [6.07, 6.45) is -0.301. The first-order valence-corrected chi connectivity index (χ1v) is 5.80. The van der Waals surface area contributed by atoms with E-state index in [2.05, 4.69) is 13.8 Å². The largest absolute Gasteiger partial charge is 0.449 e. The first-order valence-electron chi connectivity index (χ1n) is 5.80. The van der Waals surface area contributed by atoms with E-state index in [-0.39, 0.29) is 11.5 Å². The molecule has 1 aliphatic rings. The van der Waals surface area contributed by atoms with E-state index >= 15 is 0 Å². The number of nitrogens with two attached hydrogens (primary N) is 1.